The molecule has 0 N–H and O–H groups in total. The predicted octanol–water partition coefficient (Wildman–Crippen LogP) is 2.25. The predicted molar refractivity (Wildman–Crippen MR) is 85.1 cm³/mol. The number of nitrogens with zero attached hydrogens (tertiary/aromatic N) is 1. The van der Waals surface area contributed by atoms with E-state index in [2.05, 4.69) is 15.9 Å². The first-order valence-corrected chi connectivity index (χ1v) is 10.3. The summed E-state index contributed by atoms with van der Waals surface area (Å²) in [4.78, 5) is 0.273. The summed E-state index contributed by atoms with van der Waals surface area (Å²) in [6.07, 6.45) is 0. The number of alkyl halides is 1. The van der Waals surface area contributed by atoms with Crippen LogP contribution in [0.2, 0.25) is 0 Å². The van der Waals surface area contributed by atoms with Crippen LogP contribution < -0.4 is 0 Å². The topological polar surface area (TPSA) is 54.5 Å². The summed E-state index contributed by atoms with van der Waals surface area (Å²) in [6.45, 7) is 2.37. The Morgan fingerprint density at radius 1 is 1.35 bits per heavy atom. The molecule has 0 aliphatic carbocycles. The Bertz CT molecular complexity index is 638. The van der Waals surface area contributed by atoms with Crippen molar-refractivity contribution in [1.29, 1.82) is 0 Å². The zero-order valence-electron chi connectivity index (χ0n) is 10.9. The molecule has 4 nitrogen and oxygen atoms in total. The van der Waals surface area contributed by atoms with Crippen LogP contribution >= 0.6 is 27.5 Å². The maximum Gasteiger partial charge on any atom is 0.243 e. The van der Waals surface area contributed by atoms with Gasteiger partial charge in [-0.3, -0.25) is 4.21 Å². The Kier molecular flexibility index (Phi) is 5.29. The van der Waals surface area contributed by atoms with E-state index in [1.54, 1.807) is 13.0 Å². The fourth-order valence-electron chi connectivity index (χ4n) is 2.05. The van der Waals surface area contributed by atoms with Crippen molar-refractivity contribution in [3.8, 4) is 0 Å². The average molecular weight is 401 g/mol. The van der Waals surface area contributed by atoms with E-state index in [-0.39, 0.29) is 10.8 Å². The minimum absolute atomic E-state index is 0.255. The van der Waals surface area contributed by atoms with Crippen molar-refractivity contribution in [2.45, 2.75) is 17.7 Å². The van der Waals surface area contributed by atoms with Crippen molar-refractivity contribution in [1.82, 2.24) is 4.31 Å². The highest BCUT2D eigenvalue weighted by Crippen LogP contribution is 2.29. The van der Waals surface area contributed by atoms with Crippen molar-refractivity contribution in [3.63, 3.8) is 0 Å². The number of sulfonamides is 1. The van der Waals surface area contributed by atoms with E-state index in [0.717, 1.165) is 10.0 Å². The Morgan fingerprint density at radius 2 is 1.95 bits per heavy atom. The summed E-state index contributed by atoms with van der Waals surface area (Å²) in [5.74, 6) is 1.05. The molecule has 0 atom stereocenters. The van der Waals surface area contributed by atoms with E-state index in [0.29, 0.717) is 30.2 Å². The molecule has 0 saturated carbocycles. The van der Waals surface area contributed by atoms with Gasteiger partial charge in [0.15, 0.2) is 0 Å². The lowest BCUT2D eigenvalue weighted by Crippen LogP contribution is -2.41. The molecule has 8 heteroatoms. The molecular formula is C12H15BrClNO3S2. The molecule has 20 heavy (non-hydrogen) atoms. The summed E-state index contributed by atoms with van der Waals surface area (Å²) < 4.78 is 38.9. The lowest BCUT2D eigenvalue weighted by Gasteiger charge is -2.26. The molecule has 0 unspecified atom stereocenters. The van der Waals surface area contributed by atoms with Gasteiger partial charge in [0, 0.05) is 45.7 Å². The molecule has 1 aromatic carbocycles. The maximum absolute atomic E-state index is 12.7. The second-order valence-electron chi connectivity index (χ2n) is 4.59. The number of rotatable bonds is 3. The second kappa shape index (κ2) is 6.44. The molecule has 1 heterocycles. The maximum atomic E-state index is 12.7. The summed E-state index contributed by atoms with van der Waals surface area (Å²) >= 11 is 9.18. The molecule has 0 aromatic heterocycles. The molecule has 0 radical (unpaired) electrons. The van der Waals surface area contributed by atoms with E-state index in [1.165, 1.54) is 4.31 Å². The fraction of sp³-hybridized carbons (Fsp3) is 0.500. The second-order valence-corrected chi connectivity index (χ2v) is 9.31. The van der Waals surface area contributed by atoms with E-state index < -0.39 is 20.8 Å². The molecule has 112 valence electrons. The summed E-state index contributed by atoms with van der Waals surface area (Å²) in [5, 5.41) is 0. The van der Waals surface area contributed by atoms with Gasteiger partial charge in [0.1, 0.15) is 0 Å². The molecule has 0 bridgehead atoms. The number of benzene rings is 1. The quantitative estimate of drug-likeness (QED) is 0.731. The van der Waals surface area contributed by atoms with Crippen LogP contribution in [0.1, 0.15) is 11.1 Å². The molecule has 1 fully saturated rings. The highest BCUT2D eigenvalue weighted by atomic mass is 79.9. The Hall–Kier alpha value is 0.0500. The van der Waals surface area contributed by atoms with Crippen LogP contribution in [0.5, 0.6) is 0 Å². The van der Waals surface area contributed by atoms with Crippen LogP contribution in [0, 0.1) is 6.92 Å². The smallest absolute Gasteiger partial charge is 0.243 e. The standard InChI is InChI=1S/C12H15BrClNO3S2/c1-9-11(13)6-10(8-14)7-12(9)20(17,18)15-2-4-19(16)5-3-15/h6-7H,2-5,8H2,1H3. The largest absolute Gasteiger partial charge is 0.259 e. The molecule has 0 spiro atoms. The first-order chi connectivity index (χ1) is 9.36. The Balaban J connectivity index is 2.44. The summed E-state index contributed by atoms with van der Waals surface area (Å²) in [7, 11) is -4.47. The Labute approximate surface area is 135 Å². The van der Waals surface area contributed by atoms with Crippen LogP contribution in [0.4, 0.5) is 0 Å². The van der Waals surface area contributed by atoms with Gasteiger partial charge in [-0.2, -0.15) is 4.31 Å². The van der Waals surface area contributed by atoms with E-state index in [4.69, 9.17) is 11.6 Å². The van der Waals surface area contributed by atoms with Gasteiger partial charge in [-0.1, -0.05) is 15.9 Å². The molecule has 1 saturated heterocycles. The SMILES string of the molecule is Cc1c(Br)cc(CCl)cc1S(=O)(=O)N1CCS(=O)CC1. The highest BCUT2D eigenvalue weighted by Gasteiger charge is 2.30. The highest BCUT2D eigenvalue weighted by molar-refractivity contribution is 9.10. The van der Waals surface area contributed by atoms with E-state index in [1.807, 2.05) is 6.07 Å². The minimum atomic E-state index is -3.56. The van der Waals surface area contributed by atoms with Crippen LogP contribution in [-0.2, 0) is 26.7 Å². The Morgan fingerprint density at radius 3 is 2.50 bits per heavy atom. The third-order valence-electron chi connectivity index (χ3n) is 3.27. The van der Waals surface area contributed by atoms with Gasteiger partial charge < -0.3 is 0 Å². The lowest BCUT2D eigenvalue weighted by molar-refractivity contribution is 0.438. The third-order valence-corrected chi connectivity index (χ3v) is 7.70. The van der Waals surface area contributed by atoms with Crippen molar-refractivity contribution >= 4 is 48.4 Å². The van der Waals surface area contributed by atoms with E-state index >= 15 is 0 Å². The van der Waals surface area contributed by atoms with Crippen LogP contribution in [0.15, 0.2) is 21.5 Å². The van der Waals surface area contributed by atoms with Crippen molar-refractivity contribution < 1.29 is 12.6 Å². The molecule has 1 aliphatic heterocycles. The van der Waals surface area contributed by atoms with Gasteiger partial charge in [-0.05, 0) is 30.2 Å². The van der Waals surface area contributed by atoms with Crippen molar-refractivity contribution in [3.05, 3.63) is 27.7 Å². The van der Waals surface area contributed by atoms with Gasteiger partial charge in [0.2, 0.25) is 10.0 Å². The summed E-state index contributed by atoms with van der Waals surface area (Å²) in [5.41, 5.74) is 1.42. The monoisotopic (exact) mass is 399 g/mol. The van der Waals surface area contributed by atoms with Crippen molar-refractivity contribution in [2.75, 3.05) is 24.6 Å². The zero-order chi connectivity index (χ0) is 14.9. The number of hydrogen-bond donors (Lipinski definition) is 0. The van der Waals surface area contributed by atoms with Crippen LogP contribution in [0.25, 0.3) is 0 Å². The molecule has 0 amide bonds. The molecule has 2 rings (SSSR count). The number of hydrogen-bond acceptors (Lipinski definition) is 3. The first-order valence-electron chi connectivity index (χ1n) is 6.06. The lowest BCUT2D eigenvalue weighted by atomic mass is 10.2. The van der Waals surface area contributed by atoms with Gasteiger partial charge in [-0.25, -0.2) is 8.42 Å². The van der Waals surface area contributed by atoms with E-state index in [9.17, 15) is 12.6 Å². The fourth-order valence-corrected chi connectivity index (χ4v) is 5.87. The molecule has 1 aliphatic rings. The minimum Gasteiger partial charge on any atom is -0.259 e. The van der Waals surface area contributed by atoms with Gasteiger partial charge in [0.05, 0.1) is 4.90 Å². The third kappa shape index (κ3) is 3.27. The normalized spacial score (nSPS) is 18.4. The van der Waals surface area contributed by atoms with Gasteiger partial charge in [-0.15, -0.1) is 11.6 Å². The van der Waals surface area contributed by atoms with Gasteiger partial charge >= 0.3 is 0 Å². The average Bonchev–Trinajstić information content (AvgIpc) is 2.42. The molecule has 1 aromatic rings. The molecular weight excluding hydrogens is 386 g/mol. The van der Waals surface area contributed by atoms with Crippen LogP contribution in [0.3, 0.4) is 0 Å². The zero-order valence-corrected chi connectivity index (χ0v) is 14.9. The first kappa shape index (κ1) is 16.4. The van der Waals surface area contributed by atoms with Crippen LogP contribution in [-0.4, -0.2) is 41.5 Å². The van der Waals surface area contributed by atoms with Gasteiger partial charge in [0.25, 0.3) is 0 Å². The van der Waals surface area contributed by atoms with Crippen molar-refractivity contribution in [2.24, 2.45) is 0 Å². The summed E-state index contributed by atoms with van der Waals surface area (Å²) in [6, 6.07) is 3.45. The number of halogens is 2.